The fourth-order valence-corrected chi connectivity index (χ4v) is 7.81. The van der Waals surface area contributed by atoms with Gasteiger partial charge >= 0.3 is 5.97 Å². The van der Waals surface area contributed by atoms with Gasteiger partial charge in [-0.25, -0.2) is 0 Å². The Morgan fingerprint density at radius 1 is 0.917 bits per heavy atom. The molecule has 10 heteroatoms. The van der Waals surface area contributed by atoms with Crippen LogP contribution in [0.25, 0.3) is 10.8 Å². The van der Waals surface area contributed by atoms with Gasteiger partial charge in [0.1, 0.15) is 23.7 Å². The Hall–Kier alpha value is -4.80. The van der Waals surface area contributed by atoms with Gasteiger partial charge in [0.2, 0.25) is 11.8 Å². The van der Waals surface area contributed by atoms with Crippen molar-refractivity contribution < 1.29 is 33.8 Å². The van der Waals surface area contributed by atoms with Crippen LogP contribution in [-0.4, -0.2) is 89.1 Å². The van der Waals surface area contributed by atoms with E-state index >= 15 is 0 Å². The molecule has 10 nitrogen and oxygen atoms in total. The molecule has 0 aromatic heterocycles. The third-order valence-electron chi connectivity index (χ3n) is 10.3. The number of cyclic esters (lactones) is 1. The number of benzene rings is 3. The number of likely N-dealkylation sites (N-methyl/N-ethyl adjacent to an activating group) is 1. The van der Waals surface area contributed by atoms with Crippen molar-refractivity contribution in [2.45, 2.75) is 49.7 Å². The molecule has 7 atom stereocenters. The number of ether oxygens (including phenoxy) is 2. The largest absolute Gasteiger partial charge is 0.455 e. The summed E-state index contributed by atoms with van der Waals surface area (Å²) in [7, 11) is 1.70. The second kappa shape index (κ2) is 12.7. The maximum absolute atomic E-state index is 14.7. The van der Waals surface area contributed by atoms with Gasteiger partial charge in [-0.1, -0.05) is 85.0 Å². The summed E-state index contributed by atoms with van der Waals surface area (Å²) in [6.07, 6.45) is 6.04. The molecule has 3 aromatic carbocycles. The predicted octanol–water partition coefficient (Wildman–Crippen LogP) is 3.80. The van der Waals surface area contributed by atoms with Crippen molar-refractivity contribution in [3.8, 4) is 0 Å². The molecular weight excluding hydrogens is 610 g/mol. The van der Waals surface area contributed by atoms with Gasteiger partial charge in [0.25, 0.3) is 5.91 Å². The summed E-state index contributed by atoms with van der Waals surface area (Å²) < 4.78 is 13.0. The minimum atomic E-state index is -1.49. The van der Waals surface area contributed by atoms with E-state index in [9.17, 15) is 24.3 Å². The number of fused-ring (bicyclic) bond motifs is 3. The van der Waals surface area contributed by atoms with Crippen molar-refractivity contribution in [1.82, 2.24) is 9.80 Å². The number of hydrogen-bond donors (Lipinski definition) is 1. The Morgan fingerprint density at radius 2 is 1.67 bits per heavy atom. The smallest absolute Gasteiger partial charge is 0.313 e. The van der Waals surface area contributed by atoms with E-state index in [-0.39, 0.29) is 37.9 Å². The van der Waals surface area contributed by atoms with Crippen molar-refractivity contribution in [3.05, 3.63) is 103 Å². The Bertz CT molecular complexity index is 1810. The Kier molecular flexibility index (Phi) is 8.39. The van der Waals surface area contributed by atoms with Crippen molar-refractivity contribution in [2.24, 2.45) is 11.8 Å². The number of carbonyl (C=O) groups is 4. The van der Waals surface area contributed by atoms with Crippen molar-refractivity contribution in [3.63, 3.8) is 0 Å². The number of aliphatic hydroxyl groups excluding tert-OH is 1. The number of likely N-dealkylation sites (tertiary alicyclic amines) is 1. The third-order valence-corrected chi connectivity index (χ3v) is 10.3. The summed E-state index contributed by atoms with van der Waals surface area (Å²) in [5.74, 6) is -3.72. The maximum Gasteiger partial charge on any atom is 0.313 e. The molecule has 1 N–H and O–H groups in total. The Morgan fingerprint density at radius 3 is 2.44 bits per heavy atom. The summed E-state index contributed by atoms with van der Waals surface area (Å²) in [6.45, 7) is 1.59. The molecule has 3 amide bonds. The molecule has 0 unspecified atom stereocenters. The topological polar surface area (TPSA) is 117 Å². The first-order chi connectivity index (χ1) is 23.2. The molecule has 48 heavy (non-hydrogen) atoms. The fraction of sp³-hybridized carbons (Fsp3) is 0.368. The number of esters is 1. The zero-order valence-electron chi connectivity index (χ0n) is 27.0. The first kappa shape index (κ1) is 31.8. The number of aliphatic hydroxyl groups is 1. The monoisotopic (exact) mass is 649 g/mol. The van der Waals surface area contributed by atoms with Gasteiger partial charge in [-0.3, -0.25) is 19.2 Å². The lowest BCUT2D eigenvalue weighted by molar-refractivity contribution is -0.164. The van der Waals surface area contributed by atoms with Crippen molar-refractivity contribution >= 4 is 40.2 Å². The molecule has 3 aromatic rings. The molecule has 4 aliphatic rings. The molecule has 0 bridgehead atoms. The summed E-state index contributed by atoms with van der Waals surface area (Å²) >= 11 is 0. The lowest BCUT2D eigenvalue weighted by Gasteiger charge is -2.35. The first-order valence-corrected chi connectivity index (χ1v) is 16.5. The third kappa shape index (κ3) is 5.20. The molecule has 0 radical (unpaired) electrons. The normalized spacial score (nSPS) is 31.4. The van der Waals surface area contributed by atoms with E-state index in [2.05, 4.69) is 0 Å². The quantitative estimate of drug-likeness (QED) is 0.338. The Labute approximate surface area is 279 Å². The molecule has 7 rings (SSSR count). The fourth-order valence-electron chi connectivity index (χ4n) is 7.81. The number of β-amino-alcohol motifs (C(OH)–C–C–N with tert-alkyl or cyclic N) is 1. The van der Waals surface area contributed by atoms with E-state index in [1.54, 1.807) is 35.1 Å². The van der Waals surface area contributed by atoms with Crippen molar-refractivity contribution in [1.29, 1.82) is 0 Å². The second-order valence-electron chi connectivity index (χ2n) is 13.0. The lowest BCUT2D eigenvalue weighted by atomic mass is 9.77. The van der Waals surface area contributed by atoms with E-state index in [0.717, 1.165) is 10.8 Å². The van der Waals surface area contributed by atoms with Crippen LogP contribution in [0.1, 0.15) is 31.4 Å². The summed E-state index contributed by atoms with van der Waals surface area (Å²) in [5.41, 5.74) is -0.115. The number of hydrogen-bond acceptors (Lipinski definition) is 7. The summed E-state index contributed by atoms with van der Waals surface area (Å²) in [6, 6.07) is 21.2. The number of allylic oxidation sites excluding steroid dienone is 1. The molecule has 2 saturated heterocycles. The lowest BCUT2D eigenvalue weighted by Crippen LogP contribution is -2.55. The molecule has 0 aliphatic carbocycles. The molecular formula is C38H39N3O7. The van der Waals surface area contributed by atoms with Gasteiger partial charge in [-0.15, -0.1) is 0 Å². The molecule has 248 valence electrons. The molecule has 0 saturated carbocycles. The highest BCUT2D eigenvalue weighted by Crippen LogP contribution is 2.53. The van der Waals surface area contributed by atoms with Crippen LogP contribution in [0, 0.1) is 11.8 Å². The summed E-state index contributed by atoms with van der Waals surface area (Å²) in [5, 5.41) is 12.1. The van der Waals surface area contributed by atoms with Crippen LogP contribution in [0.5, 0.6) is 0 Å². The molecule has 2 fully saturated rings. The number of anilines is 1. The number of carbonyl (C=O) groups excluding carboxylic acids is 4. The maximum atomic E-state index is 14.7. The van der Waals surface area contributed by atoms with E-state index in [1.165, 1.54) is 4.90 Å². The second-order valence-corrected chi connectivity index (χ2v) is 13.0. The van der Waals surface area contributed by atoms with Crippen LogP contribution in [0.4, 0.5) is 5.69 Å². The zero-order chi connectivity index (χ0) is 33.6. The first-order valence-electron chi connectivity index (χ1n) is 16.5. The van der Waals surface area contributed by atoms with Crippen LogP contribution in [0.2, 0.25) is 0 Å². The molecule has 4 heterocycles. The minimum absolute atomic E-state index is 0.0926. The van der Waals surface area contributed by atoms with Gasteiger partial charge in [0, 0.05) is 32.2 Å². The van der Waals surface area contributed by atoms with E-state index < -0.39 is 53.6 Å². The molecule has 4 aliphatic heterocycles. The van der Waals surface area contributed by atoms with Gasteiger partial charge in [0.05, 0.1) is 24.7 Å². The van der Waals surface area contributed by atoms with Gasteiger partial charge < -0.3 is 29.3 Å². The zero-order valence-corrected chi connectivity index (χ0v) is 27.0. The average molecular weight is 650 g/mol. The van der Waals surface area contributed by atoms with Gasteiger partial charge in [-0.2, -0.15) is 0 Å². The van der Waals surface area contributed by atoms with Crippen LogP contribution >= 0.6 is 0 Å². The SMILES string of the molecule is C[C@@H]1[C@@H](c2ccccc2)OC(=O)[C@@H]2[C@H]3C(=O)N(CCO)[C@@H]4C(=O)N(c5ccc6ccccc6c5)CC=C[C@]34O[C@@H]2/C=C\CCC(=O)N1C. The summed E-state index contributed by atoms with van der Waals surface area (Å²) in [4.78, 5) is 61.2. The molecule has 1 spiro atoms. The van der Waals surface area contributed by atoms with Gasteiger partial charge in [0.15, 0.2) is 0 Å². The predicted molar refractivity (Wildman–Crippen MR) is 178 cm³/mol. The highest BCUT2D eigenvalue weighted by molar-refractivity contribution is 6.06. The van der Waals surface area contributed by atoms with Crippen LogP contribution < -0.4 is 4.90 Å². The Balaban J connectivity index is 1.30. The van der Waals surface area contributed by atoms with E-state index in [4.69, 9.17) is 9.47 Å². The average Bonchev–Trinajstić information content (AvgIpc) is 3.48. The van der Waals surface area contributed by atoms with Crippen LogP contribution in [0.3, 0.4) is 0 Å². The van der Waals surface area contributed by atoms with Crippen molar-refractivity contribution in [2.75, 3.05) is 31.6 Å². The highest BCUT2D eigenvalue weighted by Gasteiger charge is 2.71. The number of rotatable bonds is 4. The number of amides is 3. The van der Waals surface area contributed by atoms with E-state index in [1.807, 2.05) is 85.8 Å². The van der Waals surface area contributed by atoms with Gasteiger partial charge in [-0.05, 0) is 41.8 Å². The standard InChI is InChI=1S/C38H39N3O7/c1-24-33(26-12-4-3-5-13-26)47-37(46)31-29(15-8-9-16-30(43)39(24)2)48-38-19-10-20-40(28-18-17-25-11-6-7-14-27(25)23-28)36(45)34(38)41(21-22-42)35(44)32(31)38/h3-8,10-15,17-19,23-24,29,31-34,42H,9,16,20-22H2,1-2H3/b15-8-/t24-,29-,31+,32+,33+,34-,38+/m1/s1. The highest BCUT2D eigenvalue weighted by atomic mass is 16.6. The van der Waals surface area contributed by atoms with E-state index in [0.29, 0.717) is 17.7 Å². The minimum Gasteiger partial charge on any atom is -0.455 e. The van der Waals surface area contributed by atoms with Crippen LogP contribution in [-0.2, 0) is 28.7 Å². The number of nitrogens with zero attached hydrogens (tertiary/aromatic N) is 3. The van der Waals surface area contributed by atoms with Crippen LogP contribution in [0.15, 0.2) is 97.1 Å².